The summed E-state index contributed by atoms with van der Waals surface area (Å²) in [6, 6.07) is 0.862. The van der Waals surface area contributed by atoms with Crippen LogP contribution in [0.3, 0.4) is 0 Å². The van der Waals surface area contributed by atoms with Gasteiger partial charge in [0.05, 0.1) is 11.8 Å². The molecule has 1 atom stereocenters. The summed E-state index contributed by atoms with van der Waals surface area (Å²) >= 11 is -1.60. The lowest BCUT2D eigenvalue weighted by atomic mass is 10.1. The molecule has 7 heteroatoms. The minimum absolute atomic E-state index is 0.192. The molecule has 18 heavy (non-hydrogen) atoms. The third-order valence-corrected chi connectivity index (χ3v) is 3.31. The molecule has 3 nitrogen and oxygen atoms in total. The van der Waals surface area contributed by atoms with Gasteiger partial charge in [-0.1, -0.05) is 4.40 Å². The van der Waals surface area contributed by atoms with Gasteiger partial charge >= 0.3 is 6.18 Å². The van der Waals surface area contributed by atoms with Crippen LogP contribution >= 0.6 is 0 Å². The molecule has 0 aliphatic rings. The lowest BCUT2D eigenvalue weighted by Gasteiger charge is -2.18. The van der Waals surface area contributed by atoms with Gasteiger partial charge in [0.25, 0.3) is 0 Å². The molecular weight excluding hydrogens is 265 g/mol. The Hall–Kier alpha value is -1.08. The molecule has 0 radical (unpaired) electrons. The largest absolute Gasteiger partial charge is 0.591 e. The van der Waals surface area contributed by atoms with Gasteiger partial charge in [0.2, 0.25) is 0 Å². The number of halogens is 3. The molecule has 0 spiro atoms. The summed E-state index contributed by atoms with van der Waals surface area (Å²) in [5.41, 5.74) is -1.03. The van der Waals surface area contributed by atoms with E-state index in [1.807, 2.05) is 0 Å². The highest BCUT2D eigenvalue weighted by Gasteiger charge is 2.33. The van der Waals surface area contributed by atoms with Gasteiger partial charge in [0, 0.05) is 18.0 Å². The van der Waals surface area contributed by atoms with Crippen LogP contribution in [0.2, 0.25) is 0 Å². The van der Waals surface area contributed by atoms with Crippen LogP contribution in [0.5, 0.6) is 0 Å². The topological polar surface area (TPSA) is 48.3 Å². The van der Waals surface area contributed by atoms with E-state index in [9.17, 15) is 17.7 Å². The van der Waals surface area contributed by atoms with Crippen molar-refractivity contribution in [2.75, 3.05) is 0 Å². The Kier molecular flexibility index (Phi) is 4.39. The molecule has 0 aromatic carbocycles. The highest BCUT2D eigenvalue weighted by atomic mass is 32.2. The Labute approximate surface area is 106 Å². The normalized spacial score (nSPS) is 15.1. The SMILES string of the molecule is CC(C)(C)[S+]([O-])N=Cc1cnccc1C(F)(F)F. The van der Waals surface area contributed by atoms with Gasteiger partial charge < -0.3 is 4.55 Å². The van der Waals surface area contributed by atoms with Gasteiger partial charge in [-0.3, -0.25) is 4.98 Å². The second-order valence-electron chi connectivity index (χ2n) is 4.56. The van der Waals surface area contributed by atoms with Crippen molar-refractivity contribution in [2.24, 2.45) is 4.40 Å². The van der Waals surface area contributed by atoms with Crippen molar-refractivity contribution in [1.29, 1.82) is 0 Å². The molecular formula is C11H13F3N2OS. The predicted molar refractivity (Wildman–Crippen MR) is 64.7 cm³/mol. The van der Waals surface area contributed by atoms with Crippen molar-refractivity contribution >= 4 is 17.6 Å². The van der Waals surface area contributed by atoms with Crippen molar-refractivity contribution in [3.8, 4) is 0 Å². The fraction of sp³-hybridized carbons (Fsp3) is 0.455. The van der Waals surface area contributed by atoms with Gasteiger partial charge in [-0.25, -0.2) is 0 Å². The highest BCUT2D eigenvalue weighted by molar-refractivity contribution is 7.91. The highest BCUT2D eigenvalue weighted by Crippen LogP contribution is 2.30. The Balaban J connectivity index is 3.02. The second-order valence-corrected chi connectivity index (χ2v) is 6.49. The summed E-state index contributed by atoms with van der Waals surface area (Å²) in [5, 5.41) is 0. The van der Waals surface area contributed by atoms with Crippen LogP contribution in [0, 0.1) is 0 Å². The summed E-state index contributed by atoms with van der Waals surface area (Å²) < 4.78 is 52.6. The molecule has 0 saturated heterocycles. The lowest BCUT2D eigenvalue weighted by molar-refractivity contribution is -0.137. The van der Waals surface area contributed by atoms with Gasteiger partial charge in [0.1, 0.15) is 16.1 Å². The first kappa shape index (κ1) is 15.0. The third kappa shape index (κ3) is 3.99. The summed E-state index contributed by atoms with van der Waals surface area (Å²) in [4.78, 5) is 3.61. The van der Waals surface area contributed by atoms with Crippen LogP contribution in [0.25, 0.3) is 0 Å². The zero-order chi connectivity index (χ0) is 14.0. The van der Waals surface area contributed by atoms with E-state index < -0.39 is 27.8 Å². The molecule has 0 fully saturated rings. The quantitative estimate of drug-likeness (QED) is 0.617. The van der Waals surface area contributed by atoms with E-state index in [1.54, 1.807) is 20.8 Å². The van der Waals surface area contributed by atoms with E-state index in [2.05, 4.69) is 9.38 Å². The molecule has 1 unspecified atom stereocenters. The van der Waals surface area contributed by atoms with E-state index in [1.165, 1.54) is 0 Å². The number of hydrogen-bond acceptors (Lipinski definition) is 3. The molecule has 0 aliphatic carbocycles. The van der Waals surface area contributed by atoms with Crippen molar-refractivity contribution < 1.29 is 17.7 Å². The van der Waals surface area contributed by atoms with E-state index in [0.29, 0.717) is 0 Å². The zero-order valence-electron chi connectivity index (χ0n) is 10.2. The van der Waals surface area contributed by atoms with Crippen molar-refractivity contribution in [2.45, 2.75) is 31.7 Å². The van der Waals surface area contributed by atoms with E-state index in [0.717, 1.165) is 24.7 Å². The molecule has 0 N–H and O–H groups in total. The monoisotopic (exact) mass is 278 g/mol. The van der Waals surface area contributed by atoms with Crippen molar-refractivity contribution in [3.05, 3.63) is 29.6 Å². The van der Waals surface area contributed by atoms with Crippen LogP contribution in [-0.2, 0) is 17.5 Å². The third-order valence-electron chi connectivity index (χ3n) is 1.97. The molecule has 0 bridgehead atoms. The van der Waals surface area contributed by atoms with Gasteiger partial charge in [-0.15, -0.1) is 0 Å². The Morgan fingerprint density at radius 2 is 1.94 bits per heavy atom. The van der Waals surface area contributed by atoms with Gasteiger partial charge in [0.15, 0.2) is 0 Å². The van der Waals surface area contributed by atoms with E-state index in [4.69, 9.17) is 0 Å². The fourth-order valence-corrected chi connectivity index (χ4v) is 1.56. The predicted octanol–water partition coefficient (Wildman–Crippen LogP) is 2.98. The average Bonchev–Trinajstić information content (AvgIpc) is 2.23. The molecule has 0 saturated carbocycles. The first-order chi connectivity index (χ1) is 8.12. The summed E-state index contributed by atoms with van der Waals surface area (Å²) in [7, 11) is 0. The molecule has 1 heterocycles. The fourth-order valence-electron chi connectivity index (χ4n) is 1.03. The van der Waals surface area contributed by atoms with Crippen LogP contribution in [0.15, 0.2) is 22.9 Å². The van der Waals surface area contributed by atoms with Crippen LogP contribution in [0.1, 0.15) is 31.9 Å². The smallest absolute Gasteiger partial charge is 0.417 e. The standard InChI is InChI=1S/C11H13F3N2OS/c1-10(2,3)18(17)16-7-8-6-15-5-4-9(8)11(12,13)14/h4-7H,1-3H3. The van der Waals surface area contributed by atoms with Gasteiger partial charge in [-0.05, 0) is 26.8 Å². The molecule has 1 aromatic heterocycles. The molecule has 1 aromatic rings. The lowest BCUT2D eigenvalue weighted by Crippen LogP contribution is -2.26. The van der Waals surface area contributed by atoms with Crippen molar-refractivity contribution in [3.63, 3.8) is 0 Å². The maximum atomic E-state index is 12.6. The maximum absolute atomic E-state index is 12.6. The van der Waals surface area contributed by atoms with Crippen LogP contribution < -0.4 is 0 Å². The van der Waals surface area contributed by atoms with E-state index in [-0.39, 0.29) is 5.56 Å². The van der Waals surface area contributed by atoms with Crippen LogP contribution in [0.4, 0.5) is 13.2 Å². The number of rotatable bonds is 2. The Morgan fingerprint density at radius 1 is 1.33 bits per heavy atom. The number of aromatic nitrogens is 1. The number of pyridine rings is 1. The summed E-state index contributed by atoms with van der Waals surface area (Å²) in [6.45, 7) is 5.07. The number of alkyl halides is 3. The zero-order valence-corrected chi connectivity index (χ0v) is 11.0. The van der Waals surface area contributed by atoms with Crippen LogP contribution in [-0.4, -0.2) is 20.5 Å². The molecule has 0 aliphatic heterocycles. The first-order valence-electron chi connectivity index (χ1n) is 5.09. The maximum Gasteiger partial charge on any atom is 0.417 e. The Bertz CT molecular complexity index is 441. The summed E-state index contributed by atoms with van der Waals surface area (Å²) in [5.74, 6) is 0. The molecule has 100 valence electrons. The minimum Gasteiger partial charge on any atom is -0.591 e. The van der Waals surface area contributed by atoms with Gasteiger partial charge in [-0.2, -0.15) is 13.2 Å². The summed E-state index contributed by atoms with van der Waals surface area (Å²) in [6.07, 6.45) is -1.42. The Morgan fingerprint density at radius 3 is 2.44 bits per heavy atom. The molecule has 0 amide bonds. The number of nitrogens with zero attached hydrogens (tertiary/aromatic N) is 2. The van der Waals surface area contributed by atoms with E-state index >= 15 is 0 Å². The second kappa shape index (κ2) is 5.27. The molecule has 1 rings (SSSR count). The minimum atomic E-state index is -4.48. The number of hydrogen-bond donors (Lipinski definition) is 0. The average molecular weight is 278 g/mol. The first-order valence-corrected chi connectivity index (χ1v) is 6.20. The van der Waals surface area contributed by atoms with Crippen molar-refractivity contribution in [1.82, 2.24) is 4.98 Å².